The zero-order valence-corrected chi connectivity index (χ0v) is 13.2. The normalized spacial score (nSPS) is 35.0. The Morgan fingerprint density at radius 3 is 2.73 bits per heavy atom. The van der Waals surface area contributed by atoms with Gasteiger partial charge in [0.25, 0.3) is 0 Å². The fourth-order valence-electron chi connectivity index (χ4n) is 3.41. The molecule has 0 aromatic heterocycles. The van der Waals surface area contributed by atoms with Gasteiger partial charge in [-0.05, 0) is 18.9 Å². The van der Waals surface area contributed by atoms with Crippen LogP contribution in [0.5, 0.6) is 0 Å². The Morgan fingerprint density at radius 2 is 2.18 bits per heavy atom. The number of fused-ring (bicyclic) bond motifs is 1. The zero-order chi connectivity index (χ0) is 16.7. The van der Waals surface area contributed by atoms with Crippen LogP contribution in [0.2, 0.25) is 0 Å². The molecule has 0 aliphatic carbocycles. The molecule has 5 atom stereocenters. The lowest BCUT2D eigenvalue weighted by Gasteiger charge is -2.40. The van der Waals surface area contributed by atoms with E-state index < -0.39 is 40.4 Å². The van der Waals surface area contributed by atoms with Crippen molar-refractivity contribution in [2.24, 2.45) is 5.92 Å². The highest BCUT2D eigenvalue weighted by Gasteiger charge is 2.49. The number of rotatable bonds is 5. The molecule has 0 amide bonds. The fraction of sp³-hybridized carbons (Fsp3) is 0.800. The Bertz CT molecular complexity index is 467. The van der Waals surface area contributed by atoms with Crippen molar-refractivity contribution in [2.45, 2.75) is 51.0 Å². The predicted octanol–water partition coefficient (Wildman–Crippen LogP) is -0.315. The molecule has 1 unspecified atom stereocenters. The minimum atomic E-state index is -1.99. The second-order valence-electron chi connectivity index (χ2n) is 6.67. The van der Waals surface area contributed by atoms with Crippen LogP contribution in [0.15, 0.2) is 11.6 Å². The van der Waals surface area contributed by atoms with Gasteiger partial charge in [-0.15, -0.1) is 0 Å². The van der Waals surface area contributed by atoms with Crippen LogP contribution in [0.25, 0.3) is 0 Å². The van der Waals surface area contributed by atoms with Crippen LogP contribution in [-0.2, 0) is 9.53 Å². The number of nitrogens with zero attached hydrogens (tertiary/aromatic N) is 1. The van der Waals surface area contributed by atoms with Crippen molar-refractivity contribution in [3.05, 3.63) is 16.9 Å². The lowest BCUT2D eigenvalue weighted by molar-refractivity contribution is -0.877. The van der Waals surface area contributed by atoms with Gasteiger partial charge in [0.15, 0.2) is 5.60 Å². The number of carbonyl (C=O) groups is 1. The first-order valence-corrected chi connectivity index (χ1v) is 7.65. The van der Waals surface area contributed by atoms with Crippen LogP contribution in [0.3, 0.4) is 0 Å². The molecule has 126 valence electrons. The van der Waals surface area contributed by atoms with E-state index in [1.807, 2.05) is 0 Å². The maximum Gasteiger partial charge on any atom is 0.341 e. The highest BCUT2D eigenvalue weighted by molar-refractivity contribution is 5.80. The quantitative estimate of drug-likeness (QED) is 0.278. The van der Waals surface area contributed by atoms with E-state index in [9.17, 15) is 25.3 Å². The molecular formula is C15H25NO6. The van der Waals surface area contributed by atoms with E-state index >= 15 is 0 Å². The summed E-state index contributed by atoms with van der Waals surface area (Å²) in [7, 11) is 0. The molecule has 2 aliphatic rings. The molecule has 0 aromatic rings. The van der Waals surface area contributed by atoms with Crippen LogP contribution in [0.4, 0.5) is 0 Å². The van der Waals surface area contributed by atoms with Crippen LogP contribution in [0.1, 0.15) is 27.2 Å². The molecular weight excluding hydrogens is 290 g/mol. The van der Waals surface area contributed by atoms with E-state index in [0.717, 1.165) is 0 Å². The average molecular weight is 315 g/mol. The molecule has 1 saturated heterocycles. The van der Waals surface area contributed by atoms with Gasteiger partial charge in [-0.25, -0.2) is 4.79 Å². The molecule has 7 heteroatoms. The first-order valence-electron chi connectivity index (χ1n) is 7.65. The molecule has 7 nitrogen and oxygen atoms in total. The largest absolute Gasteiger partial charge is 0.632 e. The number of hydrogen-bond donors (Lipinski definition) is 3. The summed E-state index contributed by atoms with van der Waals surface area (Å²) in [5.41, 5.74) is -1.40. The van der Waals surface area contributed by atoms with Crippen molar-refractivity contribution in [2.75, 3.05) is 19.7 Å². The highest BCUT2D eigenvalue weighted by atomic mass is 16.6. The van der Waals surface area contributed by atoms with Crippen molar-refractivity contribution in [1.82, 2.24) is 0 Å². The summed E-state index contributed by atoms with van der Waals surface area (Å²) in [5, 5.41) is 42.4. The Labute approximate surface area is 130 Å². The topological polar surface area (TPSA) is 110 Å². The summed E-state index contributed by atoms with van der Waals surface area (Å²) in [6, 6.07) is -0.591. The summed E-state index contributed by atoms with van der Waals surface area (Å²) >= 11 is 0. The molecule has 2 heterocycles. The lowest BCUT2D eigenvalue weighted by atomic mass is 9.85. The van der Waals surface area contributed by atoms with Gasteiger partial charge < -0.3 is 29.9 Å². The van der Waals surface area contributed by atoms with E-state index in [0.29, 0.717) is 18.5 Å². The van der Waals surface area contributed by atoms with Gasteiger partial charge in [0, 0.05) is 12.0 Å². The number of aliphatic hydroxyl groups is 3. The summed E-state index contributed by atoms with van der Waals surface area (Å²) in [6.07, 6.45) is 0.127. The molecule has 0 spiro atoms. The summed E-state index contributed by atoms with van der Waals surface area (Å²) < 4.78 is 4.64. The molecule has 2 aliphatic heterocycles. The van der Waals surface area contributed by atoms with Gasteiger partial charge in [-0.2, -0.15) is 0 Å². The summed E-state index contributed by atoms with van der Waals surface area (Å²) in [4.78, 5) is 12.2. The van der Waals surface area contributed by atoms with Gasteiger partial charge in [0.1, 0.15) is 18.8 Å². The van der Waals surface area contributed by atoms with Crippen molar-refractivity contribution < 1.29 is 29.5 Å². The average Bonchev–Trinajstić information content (AvgIpc) is 2.92. The number of quaternary nitrogens is 1. The lowest BCUT2D eigenvalue weighted by Crippen LogP contribution is -2.53. The zero-order valence-electron chi connectivity index (χ0n) is 13.2. The van der Waals surface area contributed by atoms with Gasteiger partial charge in [0.05, 0.1) is 19.2 Å². The third kappa shape index (κ3) is 2.68. The van der Waals surface area contributed by atoms with Gasteiger partial charge in [0.2, 0.25) is 0 Å². The molecule has 22 heavy (non-hydrogen) atoms. The van der Waals surface area contributed by atoms with Crippen LogP contribution >= 0.6 is 0 Å². The second kappa shape index (κ2) is 5.90. The minimum absolute atomic E-state index is 0.148. The van der Waals surface area contributed by atoms with Crippen LogP contribution in [0, 0.1) is 11.1 Å². The molecule has 0 bridgehead atoms. The fourth-order valence-corrected chi connectivity index (χ4v) is 3.41. The van der Waals surface area contributed by atoms with Gasteiger partial charge in [-0.3, -0.25) is 0 Å². The summed E-state index contributed by atoms with van der Waals surface area (Å²) in [6.45, 7) is 5.02. The van der Waals surface area contributed by atoms with E-state index in [1.165, 1.54) is 6.92 Å². The van der Waals surface area contributed by atoms with E-state index in [4.69, 9.17) is 4.74 Å². The molecule has 0 aromatic carbocycles. The van der Waals surface area contributed by atoms with Crippen molar-refractivity contribution in [3.8, 4) is 0 Å². The summed E-state index contributed by atoms with van der Waals surface area (Å²) in [5.74, 6) is -1.44. The van der Waals surface area contributed by atoms with E-state index in [2.05, 4.69) is 0 Å². The van der Waals surface area contributed by atoms with Crippen molar-refractivity contribution >= 4 is 5.97 Å². The maximum absolute atomic E-state index is 12.4. The number of hydrogen-bond acceptors (Lipinski definition) is 6. The van der Waals surface area contributed by atoms with E-state index in [1.54, 1.807) is 19.9 Å². The standard InChI is InChI=1S/C15H25NO6/c1-9(2)15(20,10(3)17)14(19)22-8-11-4-6-16(21)7-5-12(18)13(11)16/h4,9-10,12-13,17-18,20H,5-8H2,1-3H3/t10-,12+,13-,15-,16?/m1/s1. The number of esters is 1. The van der Waals surface area contributed by atoms with Crippen LogP contribution in [-0.4, -0.2) is 69.5 Å². The SMILES string of the molecule is CC(C)[C@](O)(C(=O)OCC1=CC[N+]2([O-])CC[C@H](O)[C@@H]12)[C@@H](C)O. The number of hydroxylamine groups is 3. The number of carbonyl (C=O) groups excluding carboxylic acids is 1. The molecule has 2 rings (SSSR count). The number of ether oxygens (including phenoxy) is 1. The van der Waals surface area contributed by atoms with Crippen LogP contribution < -0.4 is 0 Å². The predicted molar refractivity (Wildman–Crippen MR) is 78.3 cm³/mol. The van der Waals surface area contributed by atoms with Gasteiger partial charge in [-0.1, -0.05) is 13.8 Å². The molecule has 1 fully saturated rings. The number of aliphatic hydroxyl groups excluding tert-OH is 2. The van der Waals surface area contributed by atoms with Crippen molar-refractivity contribution in [1.29, 1.82) is 0 Å². The molecule has 0 saturated carbocycles. The maximum atomic E-state index is 12.4. The van der Waals surface area contributed by atoms with Gasteiger partial charge >= 0.3 is 5.97 Å². The molecule has 0 radical (unpaired) electrons. The van der Waals surface area contributed by atoms with E-state index in [-0.39, 0.29) is 13.2 Å². The Hall–Kier alpha value is -0.990. The monoisotopic (exact) mass is 315 g/mol. The highest BCUT2D eigenvalue weighted by Crippen LogP contribution is 2.36. The first kappa shape index (κ1) is 17.4. The smallest absolute Gasteiger partial charge is 0.341 e. The Kier molecular flexibility index (Phi) is 4.66. The third-order valence-electron chi connectivity index (χ3n) is 4.93. The van der Waals surface area contributed by atoms with Crippen molar-refractivity contribution in [3.63, 3.8) is 0 Å². The minimum Gasteiger partial charge on any atom is -0.632 e. The Morgan fingerprint density at radius 1 is 1.55 bits per heavy atom. The third-order valence-corrected chi connectivity index (χ3v) is 4.93. The Balaban J connectivity index is 2.03. The first-order chi connectivity index (χ1) is 10.1. The molecule has 3 N–H and O–H groups in total. The second-order valence-corrected chi connectivity index (χ2v) is 6.67.